The molecule has 0 saturated carbocycles. The van der Waals surface area contributed by atoms with Crippen molar-refractivity contribution in [1.82, 2.24) is 4.98 Å². The number of sulfone groups is 1. The van der Waals surface area contributed by atoms with Crippen molar-refractivity contribution in [3.05, 3.63) is 70.0 Å². The van der Waals surface area contributed by atoms with Gasteiger partial charge in [0, 0.05) is 28.5 Å². The number of nitrogens with zero attached hydrogens (tertiary/aromatic N) is 1. The van der Waals surface area contributed by atoms with Crippen LogP contribution in [-0.4, -0.2) is 25.6 Å². The van der Waals surface area contributed by atoms with Gasteiger partial charge in [-0.2, -0.15) is 0 Å². The van der Waals surface area contributed by atoms with Crippen LogP contribution in [-0.2, 0) is 15.6 Å². The van der Waals surface area contributed by atoms with Gasteiger partial charge in [-0.25, -0.2) is 13.4 Å². The molecule has 0 aliphatic carbocycles. The zero-order valence-electron chi connectivity index (χ0n) is 14.4. The van der Waals surface area contributed by atoms with E-state index in [0.29, 0.717) is 16.8 Å². The second-order valence-corrected chi connectivity index (χ2v) is 9.25. The van der Waals surface area contributed by atoms with Gasteiger partial charge in [-0.05, 0) is 36.8 Å². The van der Waals surface area contributed by atoms with Gasteiger partial charge in [0.05, 0.1) is 16.5 Å². The van der Waals surface area contributed by atoms with Crippen molar-refractivity contribution in [1.29, 1.82) is 0 Å². The normalized spacial score (nSPS) is 11.3. The largest absolute Gasteiger partial charge is 0.322 e. The summed E-state index contributed by atoms with van der Waals surface area (Å²) < 4.78 is 22.6. The van der Waals surface area contributed by atoms with E-state index in [2.05, 4.69) is 10.3 Å². The molecule has 0 unspecified atom stereocenters. The monoisotopic (exact) mass is 386 g/mol. The van der Waals surface area contributed by atoms with Crippen LogP contribution in [0.3, 0.4) is 0 Å². The SMILES string of the molecule is Cc1nc(-c2ccc(NC(=O)c3ccc(CS(C)(=O)=O)cc3)cc2)cs1. The number of amides is 1. The minimum atomic E-state index is -3.09. The highest BCUT2D eigenvalue weighted by atomic mass is 32.2. The van der Waals surface area contributed by atoms with E-state index >= 15 is 0 Å². The van der Waals surface area contributed by atoms with Crippen LogP contribution in [0.15, 0.2) is 53.9 Å². The second kappa shape index (κ2) is 7.39. The van der Waals surface area contributed by atoms with Crippen LogP contribution >= 0.6 is 11.3 Å². The maximum Gasteiger partial charge on any atom is 0.255 e. The zero-order chi connectivity index (χ0) is 18.7. The minimum absolute atomic E-state index is 0.0353. The maximum absolute atomic E-state index is 12.3. The molecule has 0 bridgehead atoms. The van der Waals surface area contributed by atoms with Gasteiger partial charge in [0.2, 0.25) is 0 Å². The number of hydrogen-bond acceptors (Lipinski definition) is 5. The van der Waals surface area contributed by atoms with Crippen molar-refractivity contribution in [2.75, 3.05) is 11.6 Å². The van der Waals surface area contributed by atoms with Crippen LogP contribution in [0.2, 0.25) is 0 Å². The Hall–Kier alpha value is -2.51. The maximum atomic E-state index is 12.3. The molecule has 0 atom stereocenters. The third-order valence-electron chi connectivity index (χ3n) is 3.70. The number of carbonyl (C=O) groups is 1. The van der Waals surface area contributed by atoms with E-state index < -0.39 is 9.84 Å². The van der Waals surface area contributed by atoms with Crippen molar-refractivity contribution < 1.29 is 13.2 Å². The third-order valence-corrected chi connectivity index (χ3v) is 5.33. The molecule has 0 aliphatic rings. The molecular formula is C19H18N2O3S2. The van der Waals surface area contributed by atoms with E-state index in [9.17, 15) is 13.2 Å². The number of thiazole rings is 1. The number of benzene rings is 2. The van der Waals surface area contributed by atoms with E-state index in [-0.39, 0.29) is 11.7 Å². The minimum Gasteiger partial charge on any atom is -0.322 e. The van der Waals surface area contributed by atoms with E-state index in [1.54, 1.807) is 35.6 Å². The Morgan fingerprint density at radius 3 is 2.27 bits per heavy atom. The number of rotatable bonds is 5. The Balaban J connectivity index is 1.67. The van der Waals surface area contributed by atoms with Gasteiger partial charge in [-0.3, -0.25) is 4.79 Å². The number of nitrogens with one attached hydrogen (secondary N) is 1. The first-order valence-corrected chi connectivity index (χ1v) is 10.8. The first kappa shape index (κ1) is 18.3. The van der Waals surface area contributed by atoms with Gasteiger partial charge in [-0.1, -0.05) is 24.3 Å². The standard InChI is InChI=1S/C19H18N2O3S2/c1-13-20-18(11-25-13)15-7-9-17(10-8-15)21-19(22)16-5-3-14(4-6-16)12-26(2,23)24/h3-11H,12H2,1-2H3,(H,21,22). The summed E-state index contributed by atoms with van der Waals surface area (Å²) in [6, 6.07) is 14.1. The summed E-state index contributed by atoms with van der Waals surface area (Å²) in [5.74, 6) is -0.278. The molecule has 26 heavy (non-hydrogen) atoms. The number of aromatic nitrogens is 1. The Kier molecular flexibility index (Phi) is 5.20. The molecule has 1 heterocycles. The number of carbonyl (C=O) groups excluding carboxylic acids is 1. The van der Waals surface area contributed by atoms with Gasteiger partial charge in [0.1, 0.15) is 0 Å². The summed E-state index contributed by atoms with van der Waals surface area (Å²) in [7, 11) is -3.09. The van der Waals surface area contributed by atoms with Crippen LogP contribution in [0, 0.1) is 6.92 Å². The van der Waals surface area contributed by atoms with E-state index in [1.165, 1.54) is 6.26 Å². The van der Waals surface area contributed by atoms with Crippen LogP contribution in [0.1, 0.15) is 20.9 Å². The highest BCUT2D eigenvalue weighted by Gasteiger charge is 2.09. The molecule has 0 aliphatic heterocycles. The highest BCUT2D eigenvalue weighted by Crippen LogP contribution is 2.23. The van der Waals surface area contributed by atoms with Crippen LogP contribution in [0.25, 0.3) is 11.3 Å². The Labute approximate surface area is 156 Å². The summed E-state index contributed by atoms with van der Waals surface area (Å²) in [6.45, 7) is 1.96. The molecular weight excluding hydrogens is 368 g/mol. The molecule has 0 saturated heterocycles. The van der Waals surface area contributed by atoms with Crippen LogP contribution in [0.4, 0.5) is 5.69 Å². The topological polar surface area (TPSA) is 76.1 Å². The summed E-state index contributed by atoms with van der Waals surface area (Å²) in [5.41, 5.74) is 3.74. The van der Waals surface area contributed by atoms with Crippen molar-refractivity contribution in [2.45, 2.75) is 12.7 Å². The van der Waals surface area contributed by atoms with Crippen LogP contribution in [0.5, 0.6) is 0 Å². The van der Waals surface area contributed by atoms with Gasteiger partial charge in [-0.15, -0.1) is 11.3 Å². The fourth-order valence-electron chi connectivity index (χ4n) is 2.48. The van der Waals surface area contributed by atoms with E-state index in [1.807, 2.05) is 36.6 Å². The average Bonchev–Trinajstić information content (AvgIpc) is 3.01. The number of aryl methyl sites for hydroxylation is 1. The molecule has 1 amide bonds. The van der Waals surface area contributed by atoms with Crippen molar-refractivity contribution in [2.24, 2.45) is 0 Å². The zero-order valence-corrected chi connectivity index (χ0v) is 16.0. The lowest BCUT2D eigenvalue weighted by Crippen LogP contribution is -2.12. The molecule has 5 nitrogen and oxygen atoms in total. The second-order valence-electron chi connectivity index (χ2n) is 6.05. The Bertz CT molecular complexity index is 1020. The van der Waals surface area contributed by atoms with Gasteiger partial charge in [0.25, 0.3) is 5.91 Å². The summed E-state index contributed by atoms with van der Waals surface area (Å²) in [4.78, 5) is 16.8. The lowest BCUT2D eigenvalue weighted by molar-refractivity contribution is 0.102. The van der Waals surface area contributed by atoms with Crippen LogP contribution < -0.4 is 5.32 Å². The number of hydrogen-bond donors (Lipinski definition) is 1. The predicted molar refractivity (Wildman–Crippen MR) is 105 cm³/mol. The molecule has 0 fully saturated rings. The van der Waals surface area contributed by atoms with Crippen molar-refractivity contribution in [3.63, 3.8) is 0 Å². The Morgan fingerprint density at radius 2 is 1.73 bits per heavy atom. The molecule has 1 N–H and O–H groups in total. The molecule has 7 heteroatoms. The predicted octanol–water partition coefficient (Wildman–Crippen LogP) is 3.92. The first-order chi connectivity index (χ1) is 12.3. The van der Waals surface area contributed by atoms with E-state index in [0.717, 1.165) is 16.3 Å². The summed E-state index contributed by atoms with van der Waals surface area (Å²) >= 11 is 1.60. The Morgan fingerprint density at radius 1 is 1.08 bits per heavy atom. The lowest BCUT2D eigenvalue weighted by atomic mass is 10.1. The fraction of sp³-hybridized carbons (Fsp3) is 0.158. The molecule has 3 rings (SSSR count). The first-order valence-electron chi connectivity index (χ1n) is 7.91. The molecule has 0 radical (unpaired) electrons. The molecule has 134 valence electrons. The number of anilines is 1. The van der Waals surface area contributed by atoms with Crippen molar-refractivity contribution >= 4 is 32.8 Å². The molecule has 1 aromatic heterocycles. The fourth-order valence-corrected chi connectivity index (χ4v) is 3.90. The molecule has 0 spiro atoms. The summed E-state index contributed by atoms with van der Waals surface area (Å²) in [5, 5.41) is 5.85. The van der Waals surface area contributed by atoms with Gasteiger partial charge >= 0.3 is 0 Å². The molecule has 3 aromatic rings. The quantitative estimate of drug-likeness (QED) is 0.721. The smallest absolute Gasteiger partial charge is 0.255 e. The average molecular weight is 386 g/mol. The highest BCUT2D eigenvalue weighted by molar-refractivity contribution is 7.89. The van der Waals surface area contributed by atoms with Gasteiger partial charge in [0.15, 0.2) is 9.84 Å². The third kappa shape index (κ3) is 4.77. The summed E-state index contributed by atoms with van der Waals surface area (Å²) in [6.07, 6.45) is 1.18. The lowest BCUT2D eigenvalue weighted by Gasteiger charge is -2.07. The van der Waals surface area contributed by atoms with Crippen molar-refractivity contribution in [3.8, 4) is 11.3 Å². The molecule has 2 aromatic carbocycles. The van der Waals surface area contributed by atoms with E-state index in [4.69, 9.17) is 0 Å². The van der Waals surface area contributed by atoms with Gasteiger partial charge < -0.3 is 5.32 Å².